The van der Waals surface area contributed by atoms with Crippen LogP contribution in [0.2, 0.25) is 0 Å². The molecule has 1 amide bonds. The van der Waals surface area contributed by atoms with Crippen LogP contribution >= 0.6 is 11.3 Å². The summed E-state index contributed by atoms with van der Waals surface area (Å²) in [5.74, 6) is 0.819. The van der Waals surface area contributed by atoms with Gasteiger partial charge in [0.1, 0.15) is 9.96 Å². The topological polar surface area (TPSA) is 84.9 Å². The summed E-state index contributed by atoms with van der Waals surface area (Å²) >= 11 is 1.17. The van der Waals surface area contributed by atoms with Gasteiger partial charge in [-0.1, -0.05) is 32.0 Å². The van der Waals surface area contributed by atoms with Gasteiger partial charge in [0.25, 0.3) is 15.9 Å². The number of benzene rings is 1. The van der Waals surface area contributed by atoms with Gasteiger partial charge in [0.15, 0.2) is 6.61 Å². The summed E-state index contributed by atoms with van der Waals surface area (Å²) in [7, 11) is -3.51. The lowest BCUT2D eigenvalue weighted by Gasteiger charge is -2.25. The first kappa shape index (κ1) is 22.7. The number of hydrogen-bond acceptors (Lipinski definition) is 6. The van der Waals surface area contributed by atoms with E-state index in [1.165, 1.54) is 15.6 Å². The second kappa shape index (κ2) is 10.4. The maximum absolute atomic E-state index is 12.7. The second-order valence-electron chi connectivity index (χ2n) is 7.15. The minimum Gasteiger partial charge on any atom is -0.483 e. The third-order valence-electron chi connectivity index (χ3n) is 5.08. The number of morpholine rings is 1. The summed E-state index contributed by atoms with van der Waals surface area (Å²) in [4.78, 5) is 13.0. The van der Waals surface area contributed by atoms with Crippen LogP contribution in [0.4, 0.5) is 0 Å². The van der Waals surface area contributed by atoms with Crippen molar-refractivity contribution < 1.29 is 22.7 Å². The van der Waals surface area contributed by atoms with Gasteiger partial charge in [-0.3, -0.25) is 4.79 Å². The highest BCUT2D eigenvalue weighted by Crippen LogP contribution is 2.28. The molecule has 1 fully saturated rings. The number of ether oxygens (including phenoxy) is 2. The molecule has 0 spiro atoms. The van der Waals surface area contributed by atoms with E-state index in [9.17, 15) is 13.2 Å². The highest BCUT2D eigenvalue weighted by molar-refractivity contribution is 7.91. The molecule has 2 aromatic rings. The van der Waals surface area contributed by atoms with Gasteiger partial charge in [0.05, 0.1) is 19.8 Å². The number of carbonyl (C=O) groups is 1. The van der Waals surface area contributed by atoms with Crippen LogP contribution in [0.5, 0.6) is 5.75 Å². The Morgan fingerprint density at radius 3 is 2.70 bits per heavy atom. The van der Waals surface area contributed by atoms with E-state index in [0.29, 0.717) is 32.2 Å². The van der Waals surface area contributed by atoms with Crippen LogP contribution in [0.3, 0.4) is 0 Å². The van der Waals surface area contributed by atoms with Crippen molar-refractivity contribution in [2.45, 2.75) is 36.9 Å². The summed E-state index contributed by atoms with van der Waals surface area (Å²) < 4.78 is 38.0. The van der Waals surface area contributed by atoms with Crippen molar-refractivity contribution in [3.05, 3.63) is 46.8 Å². The summed E-state index contributed by atoms with van der Waals surface area (Å²) in [5.41, 5.74) is 1.09. The van der Waals surface area contributed by atoms with E-state index in [1.807, 2.05) is 24.3 Å². The van der Waals surface area contributed by atoms with Crippen molar-refractivity contribution in [2.24, 2.45) is 0 Å². The third-order valence-corrected chi connectivity index (χ3v) is 8.53. The largest absolute Gasteiger partial charge is 0.483 e. The molecule has 164 valence electrons. The molecule has 0 bridgehead atoms. The Morgan fingerprint density at radius 1 is 1.23 bits per heavy atom. The minimum absolute atomic E-state index is 0.0856. The number of nitrogens with zero attached hydrogens (tertiary/aromatic N) is 1. The Kier molecular flexibility index (Phi) is 7.87. The standard InChI is InChI=1S/C21H28N2O5S2/c1-3-16(2)18-6-4-5-7-19(18)28-15-20(24)22-14-17-8-9-21(29-17)30(25,26)23-10-12-27-13-11-23/h4-9,16H,3,10-15H2,1-2H3,(H,22,24). The molecule has 2 heterocycles. The maximum atomic E-state index is 12.7. The predicted octanol–water partition coefficient (Wildman–Crippen LogP) is 2.98. The SMILES string of the molecule is CCC(C)c1ccccc1OCC(=O)NCc1ccc(S(=O)(=O)N2CCOCC2)s1. The second-order valence-corrected chi connectivity index (χ2v) is 10.5. The van der Waals surface area contributed by atoms with Crippen molar-refractivity contribution in [2.75, 3.05) is 32.9 Å². The normalized spacial score (nSPS) is 16.2. The summed E-state index contributed by atoms with van der Waals surface area (Å²) in [5, 5.41) is 2.79. The number of hydrogen-bond donors (Lipinski definition) is 1. The first-order valence-electron chi connectivity index (χ1n) is 10.1. The summed E-state index contributed by atoms with van der Waals surface area (Å²) in [6.07, 6.45) is 0.987. The number of sulfonamides is 1. The Morgan fingerprint density at radius 2 is 1.97 bits per heavy atom. The number of para-hydroxylation sites is 1. The van der Waals surface area contributed by atoms with Gasteiger partial charge in [0.2, 0.25) is 0 Å². The summed E-state index contributed by atoms with van der Waals surface area (Å²) in [6, 6.07) is 11.1. The van der Waals surface area contributed by atoms with E-state index in [0.717, 1.165) is 22.6 Å². The highest BCUT2D eigenvalue weighted by atomic mass is 32.2. The van der Waals surface area contributed by atoms with Crippen LogP contribution in [0, 0.1) is 0 Å². The average Bonchev–Trinajstić information content (AvgIpc) is 3.26. The van der Waals surface area contributed by atoms with Crippen LogP contribution in [-0.2, 0) is 26.1 Å². The zero-order chi connectivity index (χ0) is 21.6. The first-order chi connectivity index (χ1) is 14.4. The smallest absolute Gasteiger partial charge is 0.258 e. The molecular formula is C21H28N2O5S2. The number of nitrogens with one attached hydrogen (secondary N) is 1. The van der Waals surface area contributed by atoms with Gasteiger partial charge in [0, 0.05) is 18.0 Å². The van der Waals surface area contributed by atoms with Gasteiger partial charge in [-0.2, -0.15) is 4.31 Å². The molecule has 30 heavy (non-hydrogen) atoms. The predicted molar refractivity (Wildman–Crippen MR) is 116 cm³/mol. The van der Waals surface area contributed by atoms with Crippen molar-refractivity contribution >= 4 is 27.3 Å². The third kappa shape index (κ3) is 5.60. The zero-order valence-corrected chi connectivity index (χ0v) is 18.9. The molecule has 1 atom stereocenters. The van der Waals surface area contributed by atoms with Crippen LogP contribution < -0.4 is 10.1 Å². The Bertz CT molecular complexity index is 952. The molecule has 1 unspecified atom stereocenters. The van der Waals surface area contributed by atoms with Crippen molar-refractivity contribution in [1.82, 2.24) is 9.62 Å². The quantitative estimate of drug-likeness (QED) is 0.632. The number of amides is 1. The summed E-state index contributed by atoms with van der Waals surface area (Å²) in [6.45, 7) is 5.96. The van der Waals surface area contributed by atoms with Crippen LogP contribution in [0.1, 0.15) is 36.6 Å². The molecular weight excluding hydrogens is 424 g/mol. The fourth-order valence-corrected chi connectivity index (χ4v) is 5.98. The van der Waals surface area contributed by atoms with E-state index in [1.54, 1.807) is 12.1 Å². The van der Waals surface area contributed by atoms with Crippen molar-refractivity contribution in [1.29, 1.82) is 0 Å². The number of carbonyl (C=O) groups excluding carboxylic acids is 1. The fourth-order valence-electron chi connectivity index (χ4n) is 3.13. The van der Waals surface area contributed by atoms with Gasteiger partial charge in [-0.25, -0.2) is 8.42 Å². The first-order valence-corrected chi connectivity index (χ1v) is 12.3. The highest BCUT2D eigenvalue weighted by Gasteiger charge is 2.27. The van der Waals surface area contributed by atoms with Gasteiger partial charge in [-0.15, -0.1) is 11.3 Å². The molecule has 1 saturated heterocycles. The average molecular weight is 453 g/mol. The molecule has 0 radical (unpaired) electrons. The number of thiophene rings is 1. The van der Waals surface area contributed by atoms with Gasteiger partial charge >= 0.3 is 0 Å². The monoisotopic (exact) mass is 452 g/mol. The maximum Gasteiger partial charge on any atom is 0.258 e. The number of rotatable bonds is 9. The minimum atomic E-state index is -3.51. The van der Waals surface area contributed by atoms with E-state index in [4.69, 9.17) is 9.47 Å². The molecule has 1 aromatic carbocycles. The molecule has 1 aliphatic rings. The van der Waals surface area contributed by atoms with Crippen LogP contribution in [-0.4, -0.2) is 51.5 Å². The van der Waals surface area contributed by atoms with E-state index in [-0.39, 0.29) is 23.3 Å². The molecule has 1 N–H and O–H groups in total. The van der Waals surface area contributed by atoms with E-state index in [2.05, 4.69) is 19.2 Å². The Labute approximate surface area is 182 Å². The van der Waals surface area contributed by atoms with Gasteiger partial charge in [-0.05, 0) is 36.1 Å². The molecule has 0 aliphatic carbocycles. The Hall–Kier alpha value is -1.94. The Balaban J connectivity index is 1.53. The lowest BCUT2D eigenvalue weighted by atomic mass is 9.98. The van der Waals surface area contributed by atoms with Crippen molar-refractivity contribution in [3.8, 4) is 5.75 Å². The molecule has 0 saturated carbocycles. The molecule has 1 aliphatic heterocycles. The molecule has 7 nitrogen and oxygen atoms in total. The molecule has 3 rings (SSSR count). The molecule has 1 aromatic heterocycles. The van der Waals surface area contributed by atoms with Crippen molar-refractivity contribution in [3.63, 3.8) is 0 Å². The lowest BCUT2D eigenvalue weighted by molar-refractivity contribution is -0.123. The van der Waals surface area contributed by atoms with Gasteiger partial charge < -0.3 is 14.8 Å². The lowest BCUT2D eigenvalue weighted by Crippen LogP contribution is -2.40. The fraction of sp³-hybridized carbons (Fsp3) is 0.476. The van der Waals surface area contributed by atoms with E-state index < -0.39 is 10.0 Å². The van der Waals surface area contributed by atoms with E-state index >= 15 is 0 Å². The zero-order valence-electron chi connectivity index (χ0n) is 17.3. The molecule has 9 heteroatoms. The van der Waals surface area contributed by atoms with Crippen LogP contribution in [0.25, 0.3) is 0 Å². The van der Waals surface area contributed by atoms with Crippen LogP contribution in [0.15, 0.2) is 40.6 Å².